The van der Waals surface area contributed by atoms with Crippen molar-refractivity contribution < 1.29 is 9.90 Å². The lowest BCUT2D eigenvalue weighted by Gasteiger charge is -2.29. The molecule has 0 spiro atoms. The van der Waals surface area contributed by atoms with Crippen molar-refractivity contribution >= 4 is 16.8 Å². The van der Waals surface area contributed by atoms with Gasteiger partial charge in [0.25, 0.3) is 5.91 Å². The predicted molar refractivity (Wildman–Crippen MR) is 67.2 cm³/mol. The number of piperidine rings is 1. The van der Waals surface area contributed by atoms with E-state index in [1.54, 1.807) is 11.1 Å². The molecule has 18 heavy (non-hydrogen) atoms. The molecule has 3 rings (SSSR count). The second-order valence-corrected chi connectivity index (χ2v) is 4.70. The van der Waals surface area contributed by atoms with Crippen LogP contribution < -0.4 is 0 Å². The number of carbonyl (C=O) groups excluding carboxylic acids is 1. The average molecular weight is 245 g/mol. The van der Waals surface area contributed by atoms with Gasteiger partial charge in [-0.2, -0.15) is 5.10 Å². The summed E-state index contributed by atoms with van der Waals surface area (Å²) in [6.45, 7) is 1.26. The van der Waals surface area contributed by atoms with E-state index < -0.39 is 0 Å². The van der Waals surface area contributed by atoms with Crippen molar-refractivity contribution in [3.05, 3.63) is 30.0 Å². The van der Waals surface area contributed by atoms with Crippen LogP contribution in [0.1, 0.15) is 23.2 Å². The molecule has 1 aliphatic heterocycles. The van der Waals surface area contributed by atoms with E-state index in [1.165, 1.54) is 0 Å². The maximum absolute atomic E-state index is 12.3. The van der Waals surface area contributed by atoms with E-state index in [0.29, 0.717) is 31.5 Å². The number of aromatic amines is 1. The van der Waals surface area contributed by atoms with Crippen molar-refractivity contribution in [3.8, 4) is 0 Å². The lowest BCUT2D eigenvalue weighted by atomic mass is 10.1. The lowest BCUT2D eigenvalue weighted by molar-refractivity contribution is 0.0546. The van der Waals surface area contributed by atoms with E-state index in [4.69, 9.17) is 0 Å². The number of aromatic nitrogens is 2. The summed E-state index contributed by atoms with van der Waals surface area (Å²) >= 11 is 0. The van der Waals surface area contributed by atoms with Crippen molar-refractivity contribution in [2.24, 2.45) is 0 Å². The minimum Gasteiger partial charge on any atom is -0.393 e. The quantitative estimate of drug-likeness (QED) is 0.792. The summed E-state index contributed by atoms with van der Waals surface area (Å²) < 4.78 is 0. The third kappa shape index (κ3) is 1.97. The fourth-order valence-electron chi connectivity index (χ4n) is 2.33. The number of amides is 1. The monoisotopic (exact) mass is 245 g/mol. The molecule has 0 saturated carbocycles. The van der Waals surface area contributed by atoms with Crippen LogP contribution in [0.3, 0.4) is 0 Å². The van der Waals surface area contributed by atoms with E-state index in [9.17, 15) is 9.90 Å². The van der Waals surface area contributed by atoms with Crippen LogP contribution in [0.25, 0.3) is 10.9 Å². The third-order valence-electron chi connectivity index (χ3n) is 3.44. The van der Waals surface area contributed by atoms with E-state index in [0.717, 1.165) is 10.9 Å². The van der Waals surface area contributed by atoms with Crippen molar-refractivity contribution in [1.82, 2.24) is 15.1 Å². The molecule has 0 radical (unpaired) electrons. The number of aliphatic hydroxyl groups is 1. The maximum Gasteiger partial charge on any atom is 0.253 e. The number of hydrogen-bond acceptors (Lipinski definition) is 3. The van der Waals surface area contributed by atoms with Gasteiger partial charge in [-0.15, -0.1) is 0 Å². The number of likely N-dealkylation sites (tertiary alicyclic amines) is 1. The van der Waals surface area contributed by atoms with E-state index in [-0.39, 0.29) is 12.0 Å². The van der Waals surface area contributed by atoms with Gasteiger partial charge in [0.1, 0.15) is 0 Å². The normalized spacial score (nSPS) is 17.3. The number of fused-ring (bicyclic) bond motifs is 1. The molecule has 0 unspecified atom stereocenters. The second-order valence-electron chi connectivity index (χ2n) is 4.70. The zero-order valence-electron chi connectivity index (χ0n) is 9.97. The molecule has 5 heteroatoms. The highest BCUT2D eigenvalue weighted by Gasteiger charge is 2.22. The van der Waals surface area contributed by atoms with Crippen molar-refractivity contribution in [2.75, 3.05) is 13.1 Å². The predicted octanol–water partition coefficient (Wildman–Crippen LogP) is 1.16. The van der Waals surface area contributed by atoms with Crippen molar-refractivity contribution in [1.29, 1.82) is 0 Å². The maximum atomic E-state index is 12.3. The Labute approximate surface area is 104 Å². The van der Waals surface area contributed by atoms with Crippen LogP contribution in [-0.4, -0.2) is 45.3 Å². The van der Waals surface area contributed by atoms with Gasteiger partial charge in [0.2, 0.25) is 0 Å². The summed E-state index contributed by atoms with van der Waals surface area (Å²) in [5.41, 5.74) is 1.61. The summed E-state index contributed by atoms with van der Waals surface area (Å²) in [4.78, 5) is 14.1. The molecule has 1 aromatic carbocycles. The topological polar surface area (TPSA) is 69.2 Å². The minimum absolute atomic E-state index is 0.0324. The molecule has 1 amide bonds. The lowest BCUT2D eigenvalue weighted by Crippen LogP contribution is -2.40. The highest BCUT2D eigenvalue weighted by atomic mass is 16.3. The van der Waals surface area contributed by atoms with Gasteiger partial charge in [-0.25, -0.2) is 0 Å². The molecule has 2 N–H and O–H groups in total. The highest BCUT2D eigenvalue weighted by Crippen LogP contribution is 2.17. The van der Waals surface area contributed by atoms with Gasteiger partial charge in [-0.05, 0) is 31.0 Å². The fraction of sp³-hybridized carbons (Fsp3) is 0.385. The number of carbonyl (C=O) groups is 1. The molecule has 0 bridgehead atoms. The largest absolute Gasteiger partial charge is 0.393 e. The Hall–Kier alpha value is -1.88. The molecule has 1 aromatic heterocycles. The summed E-state index contributed by atoms with van der Waals surface area (Å²) in [6.07, 6.45) is 2.79. The minimum atomic E-state index is -0.259. The van der Waals surface area contributed by atoms with Crippen molar-refractivity contribution in [2.45, 2.75) is 18.9 Å². The Kier molecular flexibility index (Phi) is 2.76. The molecule has 5 nitrogen and oxygen atoms in total. The molecular formula is C13H15N3O2. The van der Waals surface area contributed by atoms with Gasteiger partial charge in [0.05, 0.1) is 17.8 Å². The van der Waals surface area contributed by atoms with E-state index in [1.807, 2.05) is 18.2 Å². The fourth-order valence-corrected chi connectivity index (χ4v) is 2.33. The zero-order valence-corrected chi connectivity index (χ0v) is 9.97. The zero-order chi connectivity index (χ0) is 12.5. The number of benzene rings is 1. The van der Waals surface area contributed by atoms with Crippen LogP contribution in [0, 0.1) is 0 Å². The van der Waals surface area contributed by atoms with Gasteiger partial charge in [0, 0.05) is 24.0 Å². The summed E-state index contributed by atoms with van der Waals surface area (Å²) in [7, 11) is 0. The van der Waals surface area contributed by atoms with Gasteiger partial charge < -0.3 is 10.0 Å². The standard InChI is InChI=1S/C13H15N3O2/c17-11-3-5-16(6-4-11)13(18)9-1-2-12-10(7-9)8-14-15-12/h1-2,7-8,11,17H,3-6H2,(H,14,15). The van der Waals surface area contributed by atoms with Crippen LogP contribution in [0.15, 0.2) is 24.4 Å². The Balaban J connectivity index is 1.82. The Bertz CT molecular complexity index is 570. The molecule has 2 heterocycles. The molecule has 0 atom stereocenters. The molecule has 0 aliphatic carbocycles. The first kappa shape index (κ1) is 11.2. The van der Waals surface area contributed by atoms with Gasteiger partial charge in [0.15, 0.2) is 0 Å². The smallest absolute Gasteiger partial charge is 0.253 e. The number of aliphatic hydroxyl groups excluding tert-OH is 1. The summed E-state index contributed by atoms with van der Waals surface area (Å²) in [6, 6.07) is 5.54. The molecular weight excluding hydrogens is 230 g/mol. The second kappa shape index (κ2) is 4.42. The third-order valence-corrected chi connectivity index (χ3v) is 3.44. The van der Waals surface area contributed by atoms with Crippen LogP contribution in [0.4, 0.5) is 0 Å². The van der Waals surface area contributed by atoms with Crippen molar-refractivity contribution in [3.63, 3.8) is 0 Å². The van der Waals surface area contributed by atoms with Gasteiger partial charge in [-0.3, -0.25) is 9.89 Å². The first-order valence-electron chi connectivity index (χ1n) is 6.14. The molecule has 1 aliphatic rings. The molecule has 1 saturated heterocycles. The van der Waals surface area contributed by atoms with Crippen LogP contribution in [0.2, 0.25) is 0 Å². The molecule has 2 aromatic rings. The number of hydrogen-bond donors (Lipinski definition) is 2. The van der Waals surface area contributed by atoms with E-state index >= 15 is 0 Å². The number of nitrogens with zero attached hydrogens (tertiary/aromatic N) is 2. The average Bonchev–Trinajstić information content (AvgIpc) is 2.86. The number of nitrogens with one attached hydrogen (secondary N) is 1. The summed E-state index contributed by atoms with van der Waals surface area (Å²) in [5.74, 6) is 0.0324. The number of H-pyrrole nitrogens is 1. The Morgan fingerprint density at radius 1 is 1.39 bits per heavy atom. The van der Waals surface area contributed by atoms with E-state index in [2.05, 4.69) is 10.2 Å². The molecule has 94 valence electrons. The molecule has 1 fully saturated rings. The van der Waals surface area contributed by atoms with Gasteiger partial charge in [-0.1, -0.05) is 0 Å². The van der Waals surface area contributed by atoms with Crippen LogP contribution in [0.5, 0.6) is 0 Å². The van der Waals surface area contributed by atoms with Crippen LogP contribution in [-0.2, 0) is 0 Å². The first-order valence-corrected chi connectivity index (χ1v) is 6.14. The highest BCUT2D eigenvalue weighted by molar-refractivity contribution is 5.97. The SMILES string of the molecule is O=C(c1ccc2[nH]ncc2c1)N1CCC(O)CC1. The van der Waals surface area contributed by atoms with Gasteiger partial charge >= 0.3 is 0 Å². The van der Waals surface area contributed by atoms with Crippen LogP contribution >= 0.6 is 0 Å². The summed E-state index contributed by atoms with van der Waals surface area (Å²) in [5, 5.41) is 17.2. The first-order chi connectivity index (χ1) is 8.74. The Morgan fingerprint density at radius 3 is 2.94 bits per heavy atom. The Morgan fingerprint density at radius 2 is 2.17 bits per heavy atom. The number of rotatable bonds is 1.